The number of carbonyl (C=O) groups is 2. The fraction of sp³-hybridized carbons (Fsp3) is 0.949. The van der Waals surface area contributed by atoms with Gasteiger partial charge in [-0.3, -0.25) is 9.59 Å². The molecule has 6 heteroatoms. The standard InChI is InChI=1S/C79H155NO5/c1-3-5-7-9-11-13-15-17-18-19-20-21-33-36-39-42-45-48-51-55-59-63-67-71-77(82)76(75-81)80-78(83)72-68-64-60-56-52-49-46-43-40-37-34-31-29-27-25-23-22-24-26-28-30-32-35-38-41-44-47-50-54-58-62-66-70-74-85-79(84)73-69-65-61-57-53-16-14-12-10-8-6-4-2/h26,28,76-77,81-82H,3-25,27,29-75H2,1-2H3,(H,80,83)/b28-26-. The summed E-state index contributed by atoms with van der Waals surface area (Å²) < 4.78 is 5.49. The molecule has 0 aliphatic rings. The van der Waals surface area contributed by atoms with E-state index in [-0.39, 0.29) is 18.5 Å². The summed E-state index contributed by atoms with van der Waals surface area (Å²) >= 11 is 0. The van der Waals surface area contributed by atoms with Crippen LogP contribution in [0.5, 0.6) is 0 Å². The maximum absolute atomic E-state index is 12.6. The third-order valence-electron chi connectivity index (χ3n) is 18.8. The largest absolute Gasteiger partial charge is 0.466 e. The van der Waals surface area contributed by atoms with Crippen LogP contribution >= 0.6 is 0 Å². The first-order valence-electron chi connectivity index (χ1n) is 39.4. The van der Waals surface area contributed by atoms with E-state index in [0.29, 0.717) is 25.9 Å². The zero-order valence-corrected chi connectivity index (χ0v) is 58.1. The van der Waals surface area contributed by atoms with Crippen LogP contribution in [0.15, 0.2) is 12.2 Å². The summed E-state index contributed by atoms with van der Waals surface area (Å²) in [5.74, 6) is -0.00530. The van der Waals surface area contributed by atoms with Crippen molar-refractivity contribution in [3.05, 3.63) is 12.2 Å². The van der Waals surface area contributed by atoms with E-state index in [1.54, 1.807) is 0 Å². The molecule has 0 aromatic heterocycles. The highest BCUT2D eigenvalue weighted by atomic mass is 16.5. The SMILES string of the molecule is CCCCCCCCCCCCCCCCCCCCCCCCCC(O)C(CO)NC(=O)CCCCCCCCCCCCCCCCCCC/C=C\CCCCCCCCCCCCCCOC(=O)CCCCCCCCCCCCCC. The van der Waals surface area contributed by atoms with E-state index >= 15 is 0 Å². The van der Waals surface area contributed by atoms with Crippen molar-refractivity contribution < 1.29 is 24.5 Å². The van der Waals surface area contributed by atoms with Gasteiger partial charge in [0.05, 0.1) is 25.4 Å². The number of ether oxygens (including phenoxy) is 1. The molecule has 0 radical (unpaired) electrons. The summed E-state index contributed by atoms with van der Waals surface area (Å²) in [4.78, 5) is 24.6. The van der Waals surface area contributed by atoms with E-state index < -0.39 is 12.1 Å². The number of nitrogens with one attached hydrogen (secondary N) is 1. The molecule has 6 nitrogen and oxygen atoms in total. The van der Waals surface area contributed by atoms with Crippen molar-refractivity contribution in [2.24, 2.45) is 0 Å². The highest BCUT2D eigenvalue weighted by molar-refractivity contribution is 5.76. The minimum Gasteiger partial charge on any atom is -0.466 e. The van der Waals surface area contributed by atoms with E-state index in [4.69, 9.17) is 4.74 Å². The van der Waals surface area contributed by atoms with Crippen molar-refractivity contribution in [1.29, 1.82) is 0 Å². The maximum Gasteiger partial charge on any atom is 0.305 e. The zero-order valence-electron chi connectivity index (χ0n) is 58.1. The number of allylic oxidation sites excluding steroid dienone is 2. The number of unbranched alkanes of at least 4 members (excludes halogenated alkanes) is 62. The van der Waals surface area contributed by atoms with Gasteiger partial charge in [-0.1, -0.05) is 405 Å². The molecule has 0 bridgehead atoms. The van der Waals surface area contributed by atoms with Gasteiger partial charge in [0.2, 0.25) is 5.91 Å². The number of rotatable bonds is 75. The average molecular weight is 1200 g/mol. The zero-order chi connectivity index (χ0) is 61.3. The Bertz CT molecular complexity index is 1290. The first kappa shape index (κ1) is 83.6. The normalized spacial score (nSPS) is 12.5. The Morgan fingerprint density at radius 1 is 0.318 bits per heavy atom. The Labute approximate surface area is 533 Å². The van der Waals surface area contributed by atoms with Gasteiger partial charge in [-0.25, -0.2) is 0 Å². The summed E-state index contributed by atoms with van der Waals surface area (Å²) in [5, 5.41) is 23.5. The van der Waals surface area contributed by atoms with Crippen LogP contribution in [0, 0.1) is 0 Å². The van der Waals surface area contributed by atoms with Gasteiger partial charge < -0.3 is 20.3 Å². The molecule has 0 aromatic carbocycles. The van der Waals surface area contributed by atoms with E-state index in [1.165, 1.54) is 385 Å². The Balaban J connectivity index is 3.35. The van der Waals surface area contributed by atoms with Gasteiger partial charge in [0.1, 0.15) is 0 Å². The Morgan fingerprint density at radius 3 is 0.835 bits per heavy atom. The van der Waals surface area contributed by atoms with Gasteiger partial charge in [0.25, 0.3) is 0 Å². The highest BCUT2D eigenvalue weighted by Crippen LogP contribution is 2.20. The van der Waals surface area contributed by atoms with Crippen molar-refractivity contribution in [3.8, 4) is 0 Å². The predicted octanol–water partition coefficient (Wildman–Crippen LogP) is 25.9. The molecule has 0 aromatic rings. The van der Waals surface area contributed by atoms with Gasteiger partial charge in [-0.05, 0) is 51.4 Å². The van der Waals surface area contributed by atoms with E-state index in [0.717, 1.165) is 38.5 Å². The summed E-state index contributed by atoms with van der Waals surface area (Å²) in [6.45, 7) is 5.01. The third-order valence-corrected chi connectivity index (χ3v) is 18.8. The lowest BCUT2D eigenvalue weighted by molar-refractivity contribution is -0.143. The van der Waals surface area contributed by atoms with Gasteiger partial charge >= 0.3 is 5.97 Å². The molecule has 0 aliphatic carbocycles. The lowest BCUT2D eigenvalue weighted by Gasteiger charge is -2.22. The third kappa shape index (κ3) is 71.6. The monoisotopic (exact) mass is 1200 g/mol. The summed E-state index contributed by atoms with van der Waals surface area (Å²) in [5.41, 5.74) is 0. The lowest BCUT2D eigenvalue weighted by Crippen LogP contribution is -2.45. The maximum atomic E-state index is 12.6. The molecule has 3 N–H and O–H groups in total. The Morgan fingerprint density at radius 2 is 0.553 bits per heavy atom. The Hall–Kier alpha value is -1.40. The number of amides is 1. The molecule has 2 atom stereocenters. The summed E-state index contributed by atoms with van der Waals surface area (Å²) in [6, 6.07) is -0.540. The number of hydrogen-bond acceptors (Lipinski definition) is 5. The molecule has 85 heavy (non-hydrogen) atoms. The topological polar surface area (TPSA) is 95.9 Å². The molecule has 2 unspecified atom stereocenters. The van der Waals surface area contributed by atoms with E-state index in [1.807, 2.05) is 0 Å². The molecule has 0 rings (SSSR count). The Kier molecular flexibility index (Phi) is 73.8. The van der Waals surface area contributed by atoms with Crippen LogP contribution in [0.2, 0.25) is 0 Å². The van der Waals surface area contributed by atoms with Gasteiger partial charge in [-0.2, -0.15) is 0 Å². The minimum absolute atomic E-state index is 0.0206. The molecular formula is C79H155NO5. The van der Waals surface area contributed by atoms with Gasteiger partial charge in [0, 0.05) is 12.8 Å². The molecule has 0 aliphatic heterocycles. The van der Waals surface area contributed by atoms with Crippen LogP contribution in [0.4, 0.5) is 0 Å². The van der Waals surface area contributed by atoms with Crippen LogP contribution in [-0.4, -0.2) is 47.4 Å². The molecule has 0 spiro atoms. The van der Waals surface area contributed by atoms with Crippen LogP contribution in [0.25, 0.3) is 0 Å². The molecule has 0 saturated carbocycles. The predicted molar refractivity (Wildman–Crippen MR) is 375 cm³/mol. The molecule has 0 fully saturated rings. The second-order valence-corrected chi connectivity index (χ2v) is 27.4. The second-order valence-electron chi connectivity index (χ2n) is 27.4. The van der Waals surface area contributed by atoms with Crippen molar-refractivity contribution in [2.75, 3.05) is 13.2 Å². The minimum atomic E-state index is -0.663. The fourth-order valence-electron chi connectivity index (χ4n) is 12.8. The molecular weight excluding hydrogens is 1040 g/mol. The first-order valence-corrected chi connectivity index (χ1v) is 39.4. The number of aliphatic hydroxyl groups excluding tert-OH is 2. The lowest BCUT2D eigenvalue weighted by atomic mass is 10.0. The van der Waals surface area contributed by atoms with Crippen molar-refractivity contribution in [2.45, 2.75) is 469 Å². The molecule has 0 saturated heterocycles. The highest BCUT2D eigenvalue weighted by Gasteiger charge is 2.20. The number of aliphatic hydroxyl groups is 2. The van der Waals surface area contributed by atoms with Crippen molar-refractivity contribution in [3.63, 3.8) is 0 Å². The quantitative estimate of drug-likeness (QED) is 0.0320. The molecule has 506 valence electrons. The van der Waals surface area contributed by atoms with E-state index in [2.05, 4.69) is 31.3 Å². The number of carbonyl (C=O) groups excluding carboxylic acids is 2. The summed E-state index contributed by atoms with van der Waals surface area (Å²) in [6.07, 6.45) is 94.5. The van der Waals surface area contributed by atoms with Crippen LogP contribution < -0.4 is 5.32 Å². The van der Waals surface area contributed by atoms with Crippen molar-refractivity contribution >= 4 is 11.9 Å². The smallest absolute Gasteiger partial charge is 0.305 e. The first-order chi connectivity index (χ1) is 42.0. The second kappa shape index (κ2) is 75.1. The van der Waals surface area contributed by atoms with Crippen LogP contribution in [0.3, 0.4) is 0 Å². The van der Waals surface area contributed by atoms with Gasteiger partial charge in [-0.15, -0.1) is 0 Å². The number of hydrogen-bond donors (Lipinski definition) is 3. The van der Waals surface area contributed by atoms with E-state index in [9.17, 15) is 19.8 Å². The average Bonchev–Trinajstić information content (AvgIpc) is 3.53. The van der Waals surface area contributed by atoms with Crippen LogP contribution in [-0.2, 0) is 14.3 Å². The number of esters is 1. The van der Waals surface area contributed by atoms with Gasteiger partial charge in [0.15, 0.2) is 0 Å². The fourth-order valence-corrected chi connectivity index (χ4v) is 12.8. The van der Waals surface area contributed by atoms with Crippen molar-refractivity contribution in [1.82, 2.24) is 5.32 Å². The molecule has 0 heterocycles. The van der Waals surface area contributed by atoms with Crippen LogP contribution in [0.1, 0.15) is 457 Å². The molecule has 1 amide bonds. The summed E-state index contributed by atoms with van der Waals surface area (Å²) in [7, 11) is 0.